The summed E-state index contributed by atoms with van der Waals surface area (Å²) in [4.78, 5) is 11.4. The average molecular weight is 271 g/mol. The Balaban J connectivity index is 1.73. The highest BCUT2D eigenvalue weighted by Crippen LogP contribution is 2.32. The maximum atomic E-state index is 13.2. The van der Waals surface area contributed by atoms with Crippen molar-refractivity contribution >= 4 is 5.91 Å². The van der Waals surface area contributed by atoms with Crippen LogP contribution in [0.5, 0.6) is 5.75 Å². The van der Waals surface area contributed by atoms with E-state index in [1.807, 2.05) is 0 Å². The summed E-state index contributed by atoms with van der Waals surface area (Å²) in [5, 5.41) is 12.0. The number of rotatable bonds is 6. The van der Waals surface area contributed by atoms with Crippen LogP contribution in [0.1, 0.15) is 12.8 Å². The Labute approximate surface area is 109 Å². The molecule has 2 rings (SSSR count). The third-order valence-corrected chi connectivity index (χ3v) is 2.93. The van der Waals surface area contributed by atoms with Crippen LogP contribution in [0.2, 0.25) is 0 Å². The fourth-order valence-electron chi connectivity index (χ4n) is 1.65. The Morgan fingerprint density at radius 2 is 2.21 bits per heavy atom. The van der Waals surface area contributed by atoms with Gasteiger partial charge in [-0.25, -0.2) is 8.78 Å². The van der Waals surface area contributed by atoms with E-state index in [0.29, 0.717) is 6.07 Å². The molecule has 6 heteroatoms. The Bertz CT molecular complexity index is 463. The second kappa shape index (κ2) is 5.97. The molecule has 19 heavy (non-hydrogen) atoms. The van der Waals surface area contributed by atoms with Crippen molar-refractivity contribution in [2.75, 3.05) is 13.2 Å². The number of aliphatic hydroxyl groups is 1. The molecule has 1 aliphatic carbocycles. The van der Waals surface area contributed by atoms with Crippen LogP contribution in [0.15, 0.2) is 18.2 Å². The van der Waals surface area contributed by atoms with E-state index in [2.05, 4.69) is 5.32 Å². The Morgan fingerprint density at radius 1 is 1.47 bits per heavy atom. The molecular formula is C13H15F2NO3. The average Bonchev–Trinajstić information content (AvgIpc) is 3.19. The quantitative estimate of drug-likeness (QED) is 0.818. The number of benzene rings is 1. The number of nitrogens with one attached hydrogen (secondary N) is 1. The lowest BCUT2D eigenvalue weighted by Crippen LogP contribution is -2.36. The topological polar surface area (TPSA) is 58.6 Å². The molecule has 2 N–H and O–H groups in total. The predicted molar refractivity (Wildman–Crippen MR) is 63.6 cm³/mol. The molecule has 0 heterocycles. The molecule has 0 bridgehead atoms. The van der Waals surface area contributed by atoms with Gasteiger partial charge in [-0.05, 0) is 30.9 Å². The third kappa shape index (κ3) is 4.17. The zero-order valence-corrected chi connectivity index (χ0v) is 10.2. The lowest BCUT2D eigenvalue weighted by Gasteiger charge is -2.11. The minimum Gasteiger partial charge on any atom is -0.481 e. The lowest BCUT2D eigenvalue weighted by atomic mass is 10.2. The van der Waals surface area contributed by atoms with E-state index in [1.54, 1.807) is 0 Å². The number of carbonyl (C=O) groups is 1. The highest BCUT2D eigenvalue weighted by molar-refractivity contribution is 5.77. The minimum absolute atomic E-state index is 0.165. The summed E-state index contributed by atoms with van der Waals surface area (Å²) in [6.07, 6.45) is 1.43. The number of hydrogen-bond acceptors (Lipinski definition) is 3. The first-order valence-corrected chi connectivity index (χ1v) is 6.09. The van der Waals surface area contributed by atoms with E-state index >= 15 is 0 Å². The van der Waals surface area contributed by atoms with Gasteiger partial charge >= 0.3 is 0 Å². The van der Waals surface area contributed by atoms with Crippen LogP contribution < -0.4 is 10.1 Å². The normalized spacial score (nSPS) is 15.9. The summed E-state index contributed by atoms with van der Waals surface area (Å²) in [5.74, 6) is -1.92. The van der Waals surface area contributed by atoms with E-state index in [9.17, 15) is 18.7 Å². The fourth-order valence-corrected chi connectivity index (χ4v) is 1.65. The van der Waals surface area contributed by atoms with Crippen molar-refractivity contribution in [3.8, 4) is 5.75 Å². The SMILES string of the molecule is O=C(COc1ccc(F)cc1F)NCC(O)C1CC1. The van der Waals surface area contributed by atoms with Crippen molar-refractivity contribution in [1.29, 1.82) is 0 Å². The van der Waals surface area contributed by atoms with E-state index < -0.39 is 23.6 Å². The van der Waals surface area contributed by atoms with E-state index in [-0.39, 0.29) is 24.8 Å². The van der Waals surface area contributed by atoms with Crippen LogP contribution >= 0.6 is 0 Å². The zero-order chi connectivity index (χ0) is 13.8. The third-order valence-electron chi connectivity index (χ3n) is 2.93. The zero-order valence-electron chi connectivity index (χ0n) is 10.2. The molecule has 1 unspecified atom stereocenters. The number of ether oxygens (including phenoxy) is 1. The van der Waals surface area contributed by atoms with Gasteiger partial charge in [0.25, 0.3) is 5.91 Å². The Kier molecular flexibility index (Phi) is 4.31. The molecule has 104 valence electrons. The molecule has 0 radical (unpaired) electrons. The molecule has 1 saturated carbocycles. The molecule has 1 fully saturated rings. The second-order valence-corrected chi connectivity index (χ2v) is 4.57. The molecule has 1 atom stereocenters. The molecule has 0 aromatic heterocycles. The minimum atomic E-state index is -0.856. The summed E-state index contributed by atoms with van der Waals surface area (Å²) in [6.45, 7) is -0.210. The molecule has 1 aliphatic rings. The first kappa shape index (κ1) is 13.7. The van der Waals surface area contributed by atoms with Crippen LogP contribution in [-0.4, -0.2) is 30.3 Å². The number of carbonyl (C=O) groups excluding carboxylic acids is 1. The van der Waals surface area contributed by atoms with Gasteiger partial charge in [0.05, 0.1) is 6.10 Å². The van der Waals surface area contributed by atoms with Crippen molar-refractivity contribution in [2.45, 2.75) is 18.9 Å². The highest BCUT2D eigenvalue weighted by atomic mass is 19.1. The van der Waals surface area contributed by atoms with Gasteiger partial charge in [0.2, 0.25) is 0 Å². The molecule has 1 amide bonds. The Hall–Kier alpha value is -1.69. The first-order valence-electron chi connectivity index (χ1n) is 6.09. The number of halogens is 2. The largest absolute Gasteiger partial charge is 0.481 e. The van der Waals surface area contributed by atoms with Crippen LogP contribution in [0, 0.1) is 17.6 Å². The molecular weight excluding hydrogens is 256 g/mol. The van der Waals surface area contributed by atoms with Gasteiger partial charge in [-0.3, -0.25) is 4.79 Å². The molecule has 1 aromatic carbocycles. The van der Waals surface area contributed by atoms with Crippen LogP contribution in [0.25, 0.3) is 0 Å². The summed E-state index contributed by atoms with van der Waals surface area (Å²) in [5.41, 5.74) is 0. The monoisotopic (exact) mass is 271 g/mol. The van der Waals surface area contributed by atoms with Crippen molar-refractivity contribution in [3.63, 3.8) is 0 Å². The highest BCUT2D eigenvalue weighted by Gasteiger charge is 2.29. The van der Waals surface area contributed by atoms with E-state index in [4.69, 9.17) is 4.74 Å². The van der Waals surface area contributed by atoms with Gasteiger partial charge in [-0.1, -0.05) is 0 Å². The van der Waals surface area contributed by atoms with Crippen molar-refractivity contribution in [3.05, 3.63) is 29.8 Å². The van der Waals surface area contributed by atoms with E-state index in [1.165, 1.54) is 0 Å². The van der Waals surface area contributed by atoms with Crippen molar-refractivity contribution < 1.29 is 23.4 Å². The number of hydrogen-bond donors (Lipinski definition) is 2. The second-order valence-electron chi connectivity index (χ2n) is 4.57. The lowest BCUT2D eigenvalue weighted by molar-refractivity contribution is -0.123. The number of aliphatic hydroxyl groups excluding tert-OH is 1. The van der Waals surface area contributed by atoms with Gasteiger partial charge in [0, 0.05) is 12.6 Å². The van der Waals surface area contributed by atoms with Crippen molar-refractivity contribution in [1.82, 2.24) is 5.32 Å². The van der Waals surface area contributed by atoms with Gasteiger partial charge in [-0.2, -0.15) is 0 Å². The smallest absolute Gasteiger partial charge is 0.258 e. The maximum absolute atomic E-state index is 13.2. The summed E-state index contributed by atoms with van der Waals surface area (Å²) < 4.78 is 30.8. The van der Waals surface area contributed by atoms with Gasteiger partial charge in [-0.15, -0.1) is 0 Å². The van der Waals surface area contributed by atoms with Crippen LogP contribution in [0.3, 0.4) is 0 Å². The van der Waals surface area contributed by atoms with Gasteiger partial charge in [0.1, 0.15) is 5.82 Å². The van der Waals surface area contributed by atoms with Crippen LogP contribution in [-0.2, 0) is 4.79 Å². The first-order chi connectivity index (χ1) is 9.06. The van der Waals surface area contributed by atoms with E-state index in [0.717, 1.165) is 25.0 Å². The van der Waals surface area contributed by atoms with Gasteiger partial charge < -0.3 is 15.2 Å². The van der Waals surface area contributed by atoms with Gasteiger partial charge in [0.15, 0.2) is 18.2 Å². The van der Waals surface area contributed by atoms with Crippen molar-refractivity contribution in [2.24, 2.45) is 5.92 Å². The molecule has 0 spiro atoms. The summed E-state index contributed by atoms with van der Waals surface area (Å²) in [7, 11) is 0. The molecule has 1 aromatic rings. The fraction of sp³-hybridized carbons (Fsp3) is 0.462. The maximum Gasteiger partial charge on any atom is 0.258 e. The molecule has 4 nitrogen and oxygen atoms in total. The molecule has 0 aliphatic heterocycles. The summed E-state index contributed by atoms with van der Waals surface area (Å²) in [6, 6.07) is 2.86. The number of amides is 1. The Morgan fingerprint density at radius 3 is 2.84 bits per heavy atom. The standard InChI is InChI=1S/C13H15F2NO3/c14-9-3-4-12(10(15)5-9)19-7-13(18)16-6-11(17)8-1-2-8/h3-5,8,11,17H,1-2,6-7H2,(H,16,18). The summed E-state index contributed by atoms with van der Waals surface area (Å²) >= 11 is 0. The van der Waals surface area contributed by atoms with Crippen LogP contribution in [0.4, 0.5) is 8.78 Å². The molecule has 0 saturated heterocycles. The predicted octanol–water partition coefficient (Wildman–Crippen LogP) is 1.23.